The van der Waals surface area contributed by atoms with Crippen molar-refractivity contribution < 1.29 is 13.9 Å². The predicted molar refractivity (Wildman–Crippen MR) is 140 cm³/mol. The molecule has 1 saturated heterocycles. The molecule has 1 amide bonds. The number of benzene rings is 3. The molecule has 1 atom stereocenters. The Morgan fingerprint density at radius 3 is 2.56 bits per heavy atom. The Morgan fingerprint density at radius 2 is 1.83 bits per heavy atom. The number of para-hydroxylation sites is 1. The highest BCUT2D eigenvalue weighted by molar-refractivity contribution is 8.15. The maximum Gasteiger partial charge on any atom is 0.239 e. The van der Waals surface area contributed by atoms with E-state index >= 15 is 0 Å². The van der Waals surface area contributed by atoms with Crippen LogP contribution in [-0.4, -0.2) is 39.4 Å². The van der Waals surface area contributed by atoms with Gasteiger partial charge in [0.05, 0.1) is 24.3 Å². The van der Waals surface area contributed by atoms with Crippen LogP contribution in [0.15, 0.2) is 95.3 Å². The molecule has 1 aliphatic heterocycles. The second kappa shape index (κ2) is 10.6. The summed E-state index contributed by atoms with van der Waals surface area (Å²) < 4.78 is 20.2. The van der Waals surface area contributed by atoms with Gasteiger partial charge in [-0.25, -0.2) is 9.07 Å². The number of nitrogens with zero attached hydrogens (tertiary/aromatic N) is 4. The van der Waals surface area contributed by atoms with E-state index in [-0.39, 0.29) is 17.0 Å². The van der Waals surface area contributed by atoms with Crippen molar-refractivity contribution in [3.05, 3.63) is 102 Å². The van der Waals surface area contributed by atoms with Crippen LogP contribution in [0.2, 0.25) is 0 Å². The fraction of sp³-hybridized carbons (Fsp3) is 0.111. The number of halogens is 1. The monoisotopic (exact) mass is 499 g/mol. The maximum atomic E-state index is 13.2. The average molecular weight is 500 g/mol. The summed E-state index contributed by atoms with van der Waals surface area (Å²) in [6, 6.07) is 23.6. The Morgan fingerprint density at radius 1 is 1.08 bits per heavy atom. The number of amidine groups is 1. The van der Waals surface area contributed by atoms with E-state index in [1.807, 2.05) is 60.8 Å². The van der Waals surface area contributed by atoms with Crippen LogP contribution >= 0.6 is 11.8 Å². The Kier molecular flexibility index (Phi) is 6.90. The van der Waals surface area contributed by atoms with Crippen LogP contribution in [0.1, 0.15) is 11.1 Å². The minimum atomic E-state index is -0.347. The standard InChI is InChI=1S/C27H22FN5O2S/c1-35-23-13-9-19(10-14-23)25-20(17-33(32-25)22-5-3-2-4-6-22)16-29-31-27-30-26(34)24(36-27)15-18-7-11-21(28)12-8-18/h2-14,16-17,24H,15H2,1H3,(H,30,31,34)/b29-16+. The van der Waals surface area contributed by atoms with Crippen LogP contribution in [0.4, 0.5) is 4.39 Å². The molecule has 0 spiro atoms. The molecule has 3 aromatic carbocycles. The molecule has 0 saturated carbocycles. The highest BCUT2D eigenvalue weighted by Gasteiger charge is 2.30. The third-order valence-electron chi connectivity index (χ3n) is 5.58. The number of methoxy groups -OCH3 is 1. The fourth-order valence-corrected chi connectivity index (χ4v) is 4.70. The lowest BCUT2D eigenvalue weighted by Gasteiger charge is -2.04. The summed E-state index contributed by atoms with van der Waals surface area (Å²) in [5, 5.41) is 16.1. The van der Waals surface area contributed by atoms with Gasteiger partial charge in [0, 0.05) is 17.3 Å². The first-order valence-corrected chi connectivity index (χ1v) is 12.1. The van der Waals surface area contributed by atoms with E-state index < -0.39 is 0 Å². The predicted octanol–water partition coefficient (Wildman–Crippen LogP) is 4.85. The highest BCUT2D eigenvalue weighted by atomic mass is 32.2. The Hall–Kier alpha value is -4.24. The van der Waals surface area contributed by atoms with Crippen molar-refractivity contribution in [3.8, 4) is 22.7 Å². The lowest BCUT2D eigenvalue weighted by atomic mass is 10.1. The number of aromatic nitrogens is 2. The summed E-state index contributed by atoms with van der Waals surface area (Å²) in [6.07, 6.45) is 3.99. The van der Waals surface area contributed by atoms with Crippen molar-refractivity contribution in [1.29, 1.82) is 0 Å². The van der Waals surface area contributed by atoms with Crippen LogP contribution in [-0.2, 0) is 11.2 Å². The molecule has 0 aliphatic carbocycles. The molecule has 1 fully saturated rings. The van der Waals surface area contributed by atoms with Gasteiger partial charge in [0.2, 0.25) is 5.91 Å². The number of nitrogens with one attached hydrogen (secondary N) is 1. The smallest absolute Gasteiger partial charge is 0.239 e. The SMILES string of the molecule is COc1ccc(-c2nn(-c3ccccc3)cc2/C=N/N=C2\NC(=O)C(Cc3ccc(F)cc3)S2)cc1. The van der Waals surface area contributed by atoms with Gasteiger partial charge >= 0.3 is 0 Å². The molecule has 0 radical (unpaired) electrons. The molecule has 4 aromatic rings. The number of hydrogen-bond acceptors (Lipinski definition) is 6. The maximum absolute atomic E-state index is 13.2. The Labute approximate surface area is 211 Å². The van der Waals surface area contributed by atoms with E-state index in [0.717, 1.165) is 33.8 Å². The van der Waals surface area contributed by atoms with Gasteiger partial charge in [-0.05, 0) is 60.5 Å². The van der Waals surface area contributed by atoms with Gasteiger partial charge in [-0.3, -0.25) is 4.79 Å². The Bertz CT molecular complexity index is 1420. The number of ether oxygens (including phenoxy) is 1. The summed E-state index contributed by atoms with van der Waals surface area (Å²) in [4.78, 5) is 12.4. The van der Waals surface area contributed by atoms with Crippen LogP contribution in [0.25, 0.3) is 16.9 Å². The quantitative estimate of drug-likeness (QED) is 0.291. The first-order chi connectivity index (χ1) is 17.6. The zero-order valence-corrected chi connectivity index (χ0v) is 20.2. The van der Waals surface area contributed by atoms with Crippen molar-refractivity contribution in [2.24, 2.45) is 10.2 Å². The van der Waals surface area contributed by atoms with Gasteiger partial charge in [0.15, 0.2) is 5.17 Å². The van der Waals surface area contributed by atoms with Gasteiger partial charge in [0.1, 0.15) is 17.3 Å². The molecule has 0 bridgehead atoms. The van der Waals surface area contributed by atoms with Gasteiger partial charge < -0.3 is 10.1 Å². The number of hydrogen-bond donors (Lipinski definition) is 1. The molecule has 9 heteroatoms. The van der Waals surface area contributed by atoms with E-state index in [9.17, 15) is 9.18 Å². The van der Waals surface area contributed by atoms with Crippen LogP contribution in [0.3, 0.4) is 0 Å². The van der Waals surface area contributed by atoms with E-state index in [0.29, 0.717) is 11.6 Å². The third kappa shape index (κ3) is 5.36. The van der Waals surface area contributed by atoms with Crippen molar-refractivity contribution in [2.45, 2.75) is 11.7 Å². The molecule has 1 aromatic heterocycles. The number of carbonyl (C=O) groups is 1. The topological polar surface area (TPSA) is 80.9 Å². The highest BCUT2D eigenvalue weighted by Crippen LogP contribution is 2.26. The minimum Gasteiger partial charge on any atom is -0.497 e. The number of rotatable bonds is 7. The van der Waals surface area contributed by atoms with Gasteiger partial charge in [0.25, 0.3) is 0 Å². The Balaban J connectivity index is 1.37. The molecular formula is C27H22FN5O2S. The summed E-state index contributed by atoms with van der Waals surface area (Å²) in [5.74, 6) is 0.310. The molecule has 5 rings (SSSR count). The second-order valence-corrected chi connectivity index (χ2v) is 9.21. The fourth-order valence-electron chi connectivity index (χ4n) is 3.73. The van der Waals surface area contributed by atoms with Crippen molar-refractivity contribution in [1.82, 2.24) is 15.1 Å². The lowest BCUT2D eigenvalue weighted by molar-refractivity contribution is -0.118. The largest absolute Gasteiger partial charge is 0.497 e. The second-order valence-electron chi connectivity index (χ2n) is 8.02. The van der Waals surface area contributed by atoms with Crippen LogP contribution in [0, 0.1) is 5.82 Å². The summed E-state index contributed by atoms with van der Waals surface area (Å²) in [5.41, 5.74) is 4.21. The first-order valence-electron chi connectivity index (χ1n) is 11.2. The molecule has 180 valence electrons. The van der Waals surface area contributed by atoms with E-state index in [4.69, 9.17) is 9.84 Å². The molecular weight excluding hydrogens is 477 g/mol. The number of carbonyl (C=O) groups excluding carboxylic acids is 1. The number of thioether (sulfide) groups is 1. The van der Waals surface area contributed by atoms with E-state index in [1.165, 1.54) is 23.9 Å². The lowest BCUT2D eigenvalue weighted by Crippen LogP contribution is -2.25. The first kappa shape index (κ1) is 23.5. The third-order valence-corrected chi connectivity index (χ3v) is 6.66. The molecule has 2 heterocycles. The van der Waals surface area contributed by atoms with E-state index in [1.54, 1.807) is 30.1 Å². The molecule has 1 aliphatic rings. The van der Waals surface area contributed by atoms with E-state index in [2.05, 4.69) is 15.5 Å². The van der Waals surface area contributed by atoms with Gasteiger partial charge in [-0.15, -0.1) is 5.10 Å². The van der Waals surface area contributed by atoms with Gasteiger partial charge in [-0.1, -0.05) is 42.1 Å². The van der Waals surface area contributed by atoms with Crippen LogP contribution < -0.4 is 10.1 Å². The normalized spacial score (nSPS) is 16.6. The molecule has 1 unspecified atom stereocenters. The van der Waals surface area contributed by atoms with Crippen molar-refractivity contribution in [2.75, 3.05) is 7.11 Å². The summed E-state index contributed by atoms with van der Waals surface area (Å²) in [6.45, 7) is 0. The molecule has 36 heavy (non-hydrogen) atoms. The summed E-state index contributed by atoms with van der Waals surface area (Å²) >= 11 is 1.31. The van der Waals surface area contributed by atoms with Crippen LogP contribution in [0.5, 0.6) is 5.75 Å². The van der Waals surface area contributed by atoms with Gasteiger partial charge in [-0.2, -0.15) is 10.2 Å². The zero-order valence-electron chi connectivity index (χ0n) is 19.3. The van der Waals surface area contributed by atoms with Crippen molar-refractivity contribution in [3.63, 3.8) is 0 Å². The minimum absolute atomic E-state index is 0.144. The molecule has 1 N–H and O–H groups in total. The van der Waals surface area contributed by atoms with Crippen molar-refractivity contribution >= 4 is 29.1 Å². The molecule has 7 nitrogen and oxygen atoms in total. The average Bonchev–Trinajstić information content (AvgIpc) is 3.49. The summed E-state index contributed by atoms with van der Waals surface area (Å²) in [7, 11) is 1.63. The zero-order chi connectivity index (χ0) is 24.9. The number of amides is 1.